The van der Waals surface area contributed by atoms with E-state index in [1.165, 1.54) is 5.01 Å². The van der Waals surface area contributed by atoms with Crippen LogP contribution in [0.1, 0.15) is 15.9 Å². The Balaban J connectivity index is 1.59. The third kappa shape index (κ3) is 3.52. The van der Waals surface area contributed by atoms with Crippen molar-refractivity contribution >= 4 is 29.9 Å². The molecule has 1 fully saturated rings. The Hall–Kier alpha value is -3.47. The number of carbonyl (C=O) groups is 2. The van der Waals surface area contributed by atoms with Gasteiger partial charge in [-0.25, -0.2) is 14.8 Å². The van der Waals surface area contributed by atoms with Crippen LogP contribution in [-0.2, 0) is 12.4 Å². The lowest BCUT2D eigenvalue weighted by molar-refractivity contribution is 0.104. The molecule has 2 aromatic carbocycles. The molecule has 0 spiro atoms. The number of hydrazine groups is 1. The number of nitrogens with zero attached hydrogens (tertiary/aromatic N) is 5. The number of H-pyrrole nitrogens is 1. The number of urea groups is 1. The summed E-state index contributed by atoms with van der Waals surface area (Å²) in [4.78, 5) is 28.7. The number of ketones is 1. The summed E-state index contributed by atoms with van der Waals surface area (Å²) >= 11 is 4.74. The van der Waals surface area contributed by atoms with E-state index in [1.54, 1.807) is 13.2 Å². The van der Waals surface area contributed by atoms with Crippen molar-refractivity contribution in [2.75, 3.05) is 45.3 Å². The number of piperazine rings is 1. The van der Waals surface area contributed by atoms with Crippen LogP contribution in [0.4, 0.5) is 10.5 Å². The van der Waals surface area contributed by atoms with Gasteiger partial charge in [-0.2, -0.15) is 5.10 Å². The van der Waals surface area contributed by atoms with Gasteiger partial charge in [0, 0.05) is 49.7 Å². The monoisotopic (exact) mass is 462 g/mol. The van der Waals surface area contributed by atoms with Crippen molar-refractivity contribution in [3.05, 3.63) is 53.6 Å². The Labute approximate surface area is 196 Å². The molecule has 0 unspecified atom stereocenters. The van der Waals surface area contributed by atoms with Gasteiger partial charge in [0.15, 0.2) is 5.78 Å². The van der Waals surface area contributed by atoms with Gasteiger partial charge >= 0.3 is 6.03 Å². The molecule has 0 radical (unpaired) electrons. The number of hydrogen-bond donors (Lipinski definition) is 1. The van der Waals surface area contributed by atoms with E-state index in [-0.39, 0.29) is 5.78 Å². The fourth-order valence-electron chi connectivity index (χ4n) is 4.42. The van der Waals surface area contributed by atoms with Gasteiger partial charge in [0.05, 0.1) is 29.6 Å². The van der Waals surface area contributed by atoms with Gasteiger partial charge in [-0.1, -0.05) is 12.1 Å². The van der Waals surface area contributed by atoms with Crippen LogP contribution in [0.15, 0.2) is 46.8 Å². The maximum atomic E-state index is 13.7. The third-order valence-corrected chi connectivity index (χ3v) is 6.30. The smallest absolute Gasteiger partial charge is 0.374 e. The van der Waals surface area contributed by atoms with Gasteiger partial charge in [0.25, 0.3) is 0 Å². The standard InChI is InChI=1S/C23H22N6O3S/c1-27-10-12-28(13-11-27)29(23(31)26-33)17-5-3-4-16-18(17)22(30)19-20(24-25-21(16)19)14-6-8-15(32-2)9-7-14/h3-9H,10-13H2,1-2H3,(H,24,25). The summed E-state index contributed by atoms with van der Waals surface area (Å²) in [7, 11) is 3.64. The summed E-state index contributed by atoms with van der Waals surface area (Å²) in [6.07, 6.45) is 0. The highest BCUT2D eigenvalue weighted by molar-refractivity contribution is 7.47. The van der Waals surface area contributed by atoms with Crippen molar-refractivity contribution in [1.29, 1.82) is 0 Å². The minimum atomic E-state index is -0.584. The van der Waals surface area contributed by atoms with E-state index >= 15 is 0 Å². The van der Waals surface area contributed by atoms with Crippen LogP contribution in [0.2, 0.25) is 0 Å². The van der Waals surface area contributed by atoms with E-state index < -0.39 is 6.03 Å². The summed E-state index contributed by atoms with van der Waals surface area (Å²) in [5, 5.41) is 10.8. The molecule has 1 aliphatic carbocycles. The Morgan fingerprint density at radius 2 is 1.85 bits per heavy atom. The van der Waals surface area contributed by atoms with Crippen molar-refractivity contribution in [2.24, 2.45) is 4.36 Å². The summed E-state index contributed by atoms with van der Waals surface area (Å²) in [6, 6.07) is 12.2. The normalized spacial score (nSPS) is 15.8. The molecule has 0 saturated carbocycles. The largest absolute Gasteiger partial charge is 0.497 e. The zero-order valence-corrected chi connectivity index (χ0v) is 19.1. The van der Waals surface area contributed by atoms with Crippen LogP contribution in [0.3, 0.4) is 0 Å². The minimum Gasteiger partial charge on any atom is -0.497 e. The first kappa shape index (κ1) is 21.4. The van der Waals surface area contributed by atoms with Crippen LogP contribution in [0, 0.1) is 0 Å². The van der Waals surface area contributed by atoms with Crippen molar-refractivity contribution in [3.8, 4) is 28.3 Å². The molecular formula is C23H22N6O3S. The molecule has 2 amide bonds. The van der Waals surface area contributed by atoms with Crippen LogP contribution < -0.4 is 9.75 Å². The Morgan fingerprint density at radius 3 is 2.52 bits per heavy atom. The number of carbonyl (C=O) groups excluding carboxylic acids is 2. The van der Waals surface area contributed by atoms with Crippen molar-refractivity contribution in [2.45, 2.75) is 0 Å². The van der Waals surface area contributed by atoms with Crippen LogP contribution >= 0.6 is 0 Å². The highest BCUT2D eigenvalue weighted by Crippen LogP contribution is 2.44. The number of ether oxygens (including phenoxy) is 1. The van der Waals surface area contributed by atoms with E-state index in [4.69, 9.17) is 17.2 Å². The molecule has 10 heteroatoms. The first-order chi connectivity index (χ1) is 16.0. The maximum absolute atomic E-state index is 13.7. The zero-order chi connectivity index (χ0) is 23.1. The molecule has 0 bridgehead atoms. The second kappa shape index (κ2) is 8.47. The highest BCUT2D eigenvalue weighted by atomic mass is 32.1. The number of hydrogen-bond acceptors (Lipinski definition) is 7. The molecule has 1 N–H and O–H groups in total. The number of likely N-dealkylation sites (N-methyl/N-ethyl adjacent to an activating group) is 1. The van der Waals surface area contributed by atoms with Crippen LogP contribution in [0.5, 0.6) is 5.75 Å². The Bertz CT molecular complexity index is 1250. The number of benzene rings is 2. The van der Waals surface area contributed by atoms with Crippen LogP contribution in [0.25, 0.3) is 22.5 Å². The fourth-order valence-corrected chi connectivity index (χ4v) is 4.49. The molecule has 0 atom stereocenters. The molecule has 168 valence electrons. The van der Waals surface area contributed by atoms with Gasteiger partial charge in [0.1, 0.15) is 11.4 Å². The van der Waals surface area contributed by atoms with Crippen molar-refractivity contribution in [1.82, 2.24) is 20.1 Å². The molecule has 1 aliphatic heterocycles. The molecule has 5 rings (SSSR count). The van der Waals surface area contributed by atoms with Crippen molar-refractivity contribution in [3.63, 3.8) is 0 Å². The number of methoxy groups -OCH3 is 1. The van der Waals surface area contributed by atoms with Crippen molar-refractivity contribution < 1.29 is 14.3 Å². The Morgan fingerprint density at radius 1 is 1.12 bits per heavy atom. The van der Waals surface area contributed by atoms with E-state index in [1.807, 2.05) is 48.5 Å². The maximum Gasteiger partial charge on any atom is 0.374 e. The lowest BCUT2D eigenvalue weighted by Gasteiger charge is -2.39. The van der Waals surface area contributed by atoms with Gasteiger partial charge < -0.3 is 9.64 Å². The summed E-state index contributed by atoms with van der Waals surface area (Å²) in [6.45, 7) is 2.81. The summed E-state index contributed by atoms with van der Waals surface area (Å²) in [5.41, 5.74) is 4.12. The predicted octanol–water partition coefficient (Wildman–Crippen LogP) is 3.12. The number of nitrogens with one attached hydrogen (secondary N) is 1. The van der Waals surface area contributed by atoms with E-state index in [0.29, 0.717) is 46.9 Å². The topological polar surface area (TPSA) is 94.1 Å². The van der Waals surface area contributed by atoms with E-state index in [0.717, 1.165) is 24.4 Å². The lowest BCUT2D eigenvalue weighted by atomic mass is 10.0. The second-order valence-corrected chi connectivity index (χ2v) is 8.20. The number of aromatic nitrogens is 2. The first-order valence-corrected chi connectivity index (χ1v) is 10.9. The second-order valence-electron chi connectivity index (χ2n) is 8.02. The molecule has 3 aromatic rings. The summed E-state index contributed by atoms with van der Waals surface area (Å²) < 4.78 is 8.73. The fraction of sp³-hybridized carbons (Fsp3) is 0.261. The number of anilines is 1. The molecule has 1 saturated heterocycles. The molecule has 2 heterocycles. The lowest BCUT2D eigenvalue weighted by Crippen LogP contribution is -2.54. The highest BCUT2D eigenvalue weighted by Gasteiger charge is 2.38. The van der Waals surface area contributed by atoms with E-state index in [2.05, 4.69) is 19.5 Å². The molecular weight excluding hydrogens is 440 g/mol. The predicted molar refractivity (Wildman–Crippen MR) is 126 cm³/mol. The first-order valence-electron chi connectivity index (χ1n) is 10.5. The number of aromatic amines is 1. The third-order valence-electron chi connectivity index (χ3n) is 6.15. The number of amides is 2. The Kier molecular flexibility index (Phi) is 5.49. The van der Waals surface area contributed by atoms with Gasteiger partial charge in [-0.05, 0) is 37.4 Å². The van der Waals surface area contributed by atoms with Gasteiger partial charge in [0.2, 0.25) is 0 Å². The summed E-state index contributed by atoms with van der Waals surface area (Å²) in [5.74, 6) is 0.531. The molecule has 2 aliphatic rings. The van der Waals surface area contributed by atoms with E-state index in [9.17, 15) is 9.59 Å². The molecule has 33 heavy (non-hydrogen) atoms. The minimum absolute atomic E-state index is 0.188. The average Bonchev–Trinajstić information content (AvgIpc) is 3.40. The van der Waals surface area contributed by atoms with Gasteiger partial charge in [-0.15, -0.1) is 4.36 Å². The molecule has 9 nitrogen and oxygen atoms in total. The number of rotatable bonds is 4. The molecule has 1 aromatic heterocycles. The zero-order valence-electron chi connectivity index (χ0n) is 18.2. The SMILES string of the molecule is COc1ccc(-c2n[nH]c3c2C(=O)c2c-3cccc2N(C(=O)N=S)N2CCN(C)CC2)cc1. The number of fused-ring (bicyclic) bond motifs is 3. The van der Waals surface area contributed by atoms with Gasteiger partial charge in [-0.3, -0.25) is 9.89 Å². The van der Waals surface area contributed by atoms with Crippen LogP contribution in [-0.4, -0.2) is 72.3 Å². The average molecular weight is 463 g/mol. The quantitative estimate of drug-likeness (QED) is 0.498.